The van der Waals surface area contributed by atoms with Gasteiger partial charge in [-0.3, -0.25) is 4.79 Å². The minimum absolute atomic E-state index is 0.311. The first-order valence-electron chi connectivity index (χ1n) is 6.34. The Morgan fingerprint density at radius 2 is 1.80 bits per heavy atom. The van der Waals surface area contributed by atoms with Gasteiger partial charge in [0.05, 0.1) is 5.56 Å². The van der Waals surface area contributed by atoms with Crippen LogP contribution in [0.4, 0.5) is 0 Å². The Hall–Kier alpha value is -2.39. The largest absolute Gasteiger partial charge is 0.489 e. The summed E-state index contributed by atoms with van der Waals surface area (Å²) in [5, 5.41) is 10.2. The van der Waals surface area contributed by atoms with Gasteiger partial charge in [-0.1, -0.05) is 55.1 Å². The van der Waals surface area contributed by atoms with Crippen molar-refractivity contribution in [3.05, 3.63) is 78.4 Å². The Bertz CT molecular complexity index is 590. The Morgan fingerprint density at radius 3 is 2.50 bits per heavy atom. The highest BCUT2D eigenvalue weighted by Gasteiger charge is 2.21. The highest BCUT2D eigenvalue weighted by molar-refractivity contribution is 6.02. The van der Waals surface area contributed by atoms with Crippen molar-refractivity contribution in [2.75, 3.05) is 6.61 Å². The van der Waals surface area contributed by atoms with Crippen molar-refractivity contribution in [2.24, 2.45) is 0 Å². The third kappa shape index (κ3) is 3.13. The molecule has 0 heterocycles. The summed E-state index contributed by atoms with van der Waals surface area (Å²) in [4.78, 5) is 12.4. The van der Waals surface area contributed by atoms with E-state index in [0.29, 0.717) is 23.5 Å². The number of benzene rings is 2. The maximum atomic E-state index is 12.4. The molecule has 0 aliphatic heterocycles. The van der Waals surface area contributed by atoms with Crippen LogP contribution in [-0.4, -0.2) is 17.5 Å². The van der Waals surface area contributed by atoms with E-state index in [1.54, 1.807) is 54.6 Å². The summed E-state index contributed by atoms with van der Waals surface area (Å²) in [6.07, 6.45) is 0.416. The Kier molecular flexibility index (Phi) is 4.69. The molecule has 2 rings (SSSR count). The van der Waals surface area contributed by atoms with E-state index in [1.807, 2.05) is 6.07 Å². The zero-order chi connectivity index (χ0) is 14.4. The summed E-state index contributed by atoms with van der Waals surface area (Å²) in [6, 6.07) is 15.7. The van der Waals surface area contributed by atoms with Crippen molar-refractivity contribution in [2.45, 2.75) is 6.10 Å². The van der Waals surface area contributed by atoms with Gasteiger partial charge in [0.25, 0.3) is 0 Å². The van der Waals surface area contributed by atoms with Gasteiger partial charge in [0.2, 0.25) is 0 Å². The van der Waals surface area contributed by atoms with Gasteiger partial charge < -0.3 is 9.84 Å². The molecule has 0 aromatic heterocycles. The quantitative estimate of drug-likeness (QED) is 0.646. The number of rotatable bonds is 6. The van der Waals surface area contributed by atoms with Crippen molar-refractivity contribution >= 4 is 5.78 Å². The van der Waals surface area contributed by atoms with Crippen LogP contribution in [0.5, 0.6) is 5.75 Å². The lowest BCUT2D eigenvalue weighted by Crippen LogP contribution is -2.13. The van der Waals surface area contributed by atoms with Gasteiger partial charge in [-0.2, -0.15) is 0 Å². The standard InChI is InChI=1S/C17H16O3/c1-2-12-20-15-11-7-6-10-14(15)17(19)16(18)13-8-4-3-5-9-13/h2-11,16,18H,1,12H2. The van der Waals surface area contributed by atoms with Gasteiger partial charge in [0.1, 0.15) is 18.5 Å². The molecule has 3 nitrogen and oxygen atoms in total. The predicted octanol–water partition coefficient (Wildman–Crippen LogP) is 3.17. The molecule has 0 aliphatic carbocycles. The summed E-state index contributed by atoms with van der Waals surface area (Å²) in [7, 11) is 0. The van der Waals surface area contributed by atoms with Crippen LogP contribution in [0.3, 0.4) is 0 Å². The second-order valence-electron chi connectivity index (χ2n) is 4.27. The summed E-state index contributed by atoms with van der Waals surface area (Å²) < 4.78 is 5.44. The fourth-order valence-electron chi connectivity index (χ4n) is 1.88. The smallest absolute Gasteiger partial charge is 0.199 e. The van der Waals surface area contributed by atoms with Crippen LogP contribution < -0.4 is 4.74 Å². The monoisotopic (exact) mass is 268 g/mol. The summed E-state index contributed by atoms with van der Waals surface area (Å²) in [5.74, 6) is 0.0724. The molecule has 0 radical (unpaired) electrons. The van der Waals surface area contributed by atoms with Gasteiger partial charge in [0, 0.05) is 0 Å². The van der Waals surface area contributed by atoms with E-state index in [2.05, 4.69) is 6.58 Å². The number of ether oxygens (including phenoxy) is 1. The van der Waals surface area contributed by atoms with E-state index in [9.17, 15) is 9.90 Å². The van der Waals surface area contributed by atoms with Gasteiger partial charge in [-0.25, -0.2) is 0 Å². The van der Waals surface area contributed by atoms with E-state index in [0.717, 1.165) is 0 Å². The van der Waals surface area contributed by atoms with Crippen molar-refractivity contribution in [3.8, 4) is 5.75 Å². The van der Waals surface area contributed by atoms with Gasteiger partial charge in [-0.05, 0) is 17.7 Å². The van der Waals surface area contributed by atoms with Crippen LogP contribution in [0.1, 0.15) is 22.0 Å². The number of hydrogen-bond acceptors (Lipinski definition) is 3. The normalized spacial score (nSPS) is 11.7. The molecule has 20 heavy (non-hydrogen) atoms. The third-order valence-electron chi connectivity index (χ3n) is 2.87. The Labute approximate surface area is 118 Å². The van der Waals surface area contributed by atoms with Gasteiger partial charge in [-0.15, -0.1) is 0 Å². The molecule has 1 atom stereocenters. The van der Waals surface area contributed by atoms with E-state index < -0.39 is 6.10 Å². The second-order valence-corrected chi connectivity index (χ2v) is 4.27. The molecule has 3 heteroatoms. The molecule has 1 unspecified atom stereocenters. The Morgan fingerprint density at radius 1 is 1.15 bits per heavy atom. The van der Waals surface area contributed by atoms with Gasteiger partial charge in [0.15, 0.2) is 5.78 Å². The Balaban J connectivity index is 2.27. The first kappa shape index (κ1) is 14.0. The first-order valence-corrected chi connectivity index (χ1v) is 6.34. The fourth-order valence-corrected chi connectivity index (χ4v) is 1.88. The van der Waals surface area contributed by atoms with Crippen molar-refractivity contribution < 1.29 is 14.6 Å². The topological polar surface area (TPSA) is 46.5 Å². The van der Waals surface area contributed by atoms with Crippen LogP contribution >= 0.6 is 0 Å². The molecule has 2 aromatic rings. The molecule has 0 saturated heterocycles. The maximum absolute atomic E-state index is 12.4. The maximum Gasteiger partial charge on any atom is 0.199 e. The lowest BCUT2D eigenvalue weighted by Gasteiger charge is -2.13. The van der Waals surface area contributed by atoms with Crippen LogP contribution in [-0.2, 0) is 0 Å². The third-order valence-corrected chi connectivity index (χ3v) is 2.87. The first-order chi connectivity index (χ1) is 9.74. The second kappa shape index (κ2) is 6.68. The minimum Gasteiger partial charge on any atom is -0.489 e. The van der Waals surface area contributed by atoms with E-state index in [4.69, 9.17) is 4.74 Å². The molecule has 1 N–H and O–H groups in total. The van der Waals surface area contributed by atoms with Crippen molar-refractivity contribution in [3.63, 3.8) is 0 Å². The fraction of sp³-hybridized carbons (Fsp3) is 0.118. The molecular weight excluding hydrogens is 252 g/mol. The molecule has 0 fully saturated rings. The van der Waals surface area contributed by atoms with Crippen LogP contribution in [0.2, 0.25) is 0 Å². The van der Waals surface area contributed by atoms with Crippen LogP contribution in [0.25, 0.3) is 0 Å². The number of aliphatic hydroxyl groups excluding tert-OH is 1. The number of ketones is 1. The lowest BCUT2D eigenvalue weighted by molar-refractivity contribution is 0.0744. The SMILES string of the molecule is C=CCOc1ccccc1C(=O)C(O)c1ccccc1. The highest BCUT2D eigenvalue weighted by atomic mass is 16.5. The molecule has 0 bridgehead atoms. The summed E-state index contributed by atoms with van der Waals surface area (Å²) in [5.41, 5.74) is 0.932. The molecule has 0 aliphatic rings. The van der Waals surface area contributed by atoms with Crippen molar-refractivity contribution in [1.82, 2.24) is 0 Å². The number of carbonyl (C=O) groups is 1. The molecule has 2 aromatic carbocycles. The molecule has 0 saturated carbocycles. The number of para-hydroxylation sites is 1. The zero-order valence-corrected chi connectivity index (χ0v) is 11.0. The van der Waals surface area contributed by atoms with Crippen molar-refractivity contribution in [1.29, 1.82) is 0 Å². The zero-order valence-electron chi connectivity index (χ0n) is 11.0. The highest BCUT2D eigenvalue weighted by Crippen LogP contribution is 2.25. The van der Waals surface area contributed by atoms with Crippen LogP contribution in [0.15, 0.2) is 67.3 Å². The lowest BCUT2D eigenvalue weighted by atomic mass is 9.99. The van der Waals surface area contributed by atoms with Crippen LogP contribution in [0, 0.1) is 0 Å². The van der Waals surface area contributed by atoms with E-state index in [-0.39, 0.29) is 5.78 Å². The number of hydrogen-bond donors (Lipinski definition) is 1. The predicted molar refractivity (Wildman–Crippen MR) is 77.9 cm³/mol. The minimum atomic E-state index is -1.19. The molecule has 0 amide bonds. The summed E-state index contributed by atoms with van der Waals surface area (Å²) in [6.45, 7) is 3.88. The molecule has 102 valence electrons. The molecule has 0 spiro atoms. The van der Waals surface area contributed by atoms with E-state index >= 15 is 0 Å². The van der Waals surface area contributed by atoms with Gasteiger partial charge >= 0.3 is 0 Å². The average molecular weight is 268 g/mol. The number of Topliss-reactive ketones (excluding diaryl/α,β-unsaturated/α-hetero) is 1. The number of carbonyl (C=O) groups excluding carboxylic acids is 1. The number of aliphatic hydroxyl groups is 1. The molecular formula is C17H16O3. The average Bonchev–Trinajstić information content (AvgIpc) is 2.52. The van der Waals surface area contributed by atoms with E-state index in [1.165, 1.54) is 0 Å². The summed E-state index contributed by atoms with van der Waals surface area (Å²) >= 11 is 0.